The van der Waals surface area contributed by atoms with Crippen LogP contribution in [0.4, 0.5) is 4.79 Å². The maximum absolute atomic E-state index is 12.4. The number of benzene rings is 1. The van der Waals surface area contributed by atoms with Gasteiger partial charge in [-0.15, -0.1) is 0 Å². The SMILES string of the molecule is COC(=O)[C@@H]1CN(Cc2ccccc2)CCN1C(=O)OC(C)(C)C. The van der Waals surface area contributed by atoms with E-state index in [9.17, 15) is 9.59 Å². The van der Waals surface area contributed by atoms with Crippen LogP contribution in [-0.4, -0.2) is 60.2 Å². The number of amides is 1. The van der Waals surface area contributed by atoms with Gasteiger partial charge in [-0.1, -0.05) is 30.3 Å². The summed E-state index contributed by atoms with van der Waals surface area (Å²) in [4.78, 5) is 28.2. The fraction of sp³-hybridized carbons (Fsp3) is 0.556. The van der Waals surface area contributed by atoms with Crippen molar-refractivity contribution in [3.63, 3.8) is 0 Å². The molecule has 1 fully saturated rings. The van der Waals surface area contributed by atoms with Crippen LogP contribution in [0.15, 0.2) is 30.3 Å². The second-order valence-corrected chi connectivity index (χ2v) is 6.93. The maximum atomic E-state index is 12.4. The Morgan fingerprint density at radius 3 is 2.42 bits per heavy atom. The van der Waals surface area contributed by atoms with Crippen molar-refractivity contribution in [2.45, 2.75) is 39.0 Å². The highest BCUT2D eigenvalue weighted by Crippen LogP contribution is 2.18. The number of carbonyl (C=O) groups is 2. The first-order valence-corrected chi connectivity index (χ1v) is 8.14. The Morgan fingerprint density at radius 2 is 1.83 bits per heavy atom. The normalized spacial score (nSPS) is 19.0. The second kappa shape index (κ2) is 7.66. The van der Waals surface area contributed by atoms with E-state index in [1.54, 1.807) is 0 Å². The Balaban J connectivity index is 2.07. The van der Waals surface area contributed by atoms with Crippen molar-refractivity contribution >= 4 is 12.1 Å². The molecule has 6 nitrogen and oxygen atoms in total. The Hall–Kier alpha value is -2.08. The van der Waals surface area contributed by atoms with Gasteiger partial charge in [0.1, 0.15) is 11.6 Å². The molecular formula is C18H26N2O4. The van der Waals surface area contributed by atoms with E-state index in [0.717, 1.165) is 6.54 Å². The highest BCUT2D eigenvalue weighted by atomic mass is 16.6. The number of hydrogen-bond acceptors (Lipinski definition) is 5. The Morgan fingerprint density at radius 1 is 1.17 bits per heavy atom. The van der Waals surface area contributed by atoms with E-state index in [2.05, 4.69) is 4.90 Å². The summed E-state index contributed by atoms with van der Waals surface area (Å²) in [7, 11) is 1.34. The largest absolute Gasteiger partial charge is 0.467 e. The smallest absolute Gasteiger partial charge is 0.411 e. The molecule has 1 aliphatic heterocycles. The Kier molecular flexibility index (Phi) is 5.83. The van der Waals surface area contributed by atoms with Gasteiger partial charge >= 0.3 is 12.1 Å². The van der Waals surface area contributed by atoms with Gasteiger partial charge in [-0.25, -0.2) is 9.59 Å². The fourth-order valence-corrected chi connectivity index (χ4v) is 2.70. The van der Waals surface area contributed by atoms with Gasteiger partial charge in [0.15, 0.2) is 0 Å². The van der Waals surface area contributed by atoms with E-state index in [4.69, 9.17) is 9.47 Å². The topological polar surface area (TPSA) is 59.1 Å². The van der Waals surface area contributed by atoms with Gasteiger partial charge in [0.25, 0.3) is 0 Å². The lowest BCUT2D eigenvalue weighted by Gasteiger charge is -2.40. The average Bonchev–Trinajstić information content (AvgIpc) is 2.53. The number of carbonyl (C=O) groups excluding carboxylic acids is 2. The molecule has 0 radical (unpaired) electrons. The van der Waals surface area contributed by atoms with E-state index in [-0.39, 0.29) is 0 Å². The van der Waals surface area contributed by atoms with Crippen LogP contribution in [0, 0.1) is 0 Å². The predicted octanol–water partition coefficient (Wildman–Crippen LogP) is 2.28. The molecule has 24 heavy (non-hydrogen) atoms. The zero-order valence-electron chi connectivity index (χ0n) is 14.8. The van der Waals surface area contributed by atoms with Gasteiger partial charge in [-0.2, -0.15) is 0 Å². The summed E-state index contributed by atoms with van der Waals surface area (Å²) in [5.74, 6) is -0.418. The first-order valence-electron chi connectivity index (χ1n) is 8.14. The summed E-state index contributed by atoms with van der Waals surface area (Å²) in [5.41, 5.74) is 0.575. The molecule has 132 valence electrons. The highest BCUT2D eigenvalue weighted by Gasteiger charge is 2.38. The molecule has 0 unspecified atom stereocenters. The Labute approximate surface area is 143 Å². The van der Waals surface area contributed by atoms with Crippen molar-refractivity contribution in [1.29, 1.82) is 0 Å². The third kappa shape index (κ3) is 4.96. The zero-order chi connectivity index (χ0) is 17.7. The molecule has 0 aliphatic carbocycles. The third-order valence-corrected chi connectivity index (χ3v) is 3.81. The zero-order valence-corrected chi connectivity index (χ0v) is 14.8. The van der Waals surface area contributed by atoms with Crippen LogP contribution in [0.1, 0.15) is 26.3 Å². The molecule has 1 heterocycles. The lowest BCUT2D eigenvalue weighted by molar-refractivity contribution is -0.149. The molecule has 1 aromatic rings. The van der Waals surface area contributed by atoms with Gasteiger partial charge in [0.2, 0.25) is 0 Å². The third-order valence-electron chi connectivity index (χ3n) is 3.81. The van der Waals surface area contributed by atoms with Gasteiger partial charge in [-0.3, -0.25) is 9.80 Å². The van der Waals surface area contributed by atoms with E-state index < -0.39 is 23.7 Å². The van der Waals surface area contributed by atoms with Crippen LogP contribution in [0.25, 0.3) is 0 Å². The van der Waals surface area contributed by atoms with Crippen molar-refractivity contribution in [1.82, 2.24) is 9.80 Å². The second-order valence-electron chi connectivity index (χ2n) is 6.93. The number of rotatable bonds is 3. The van der Waals surface area contributed by atoms with Crippen LogP contribution >= 0.6 is 0 Å². The molecule has 0 N–H and O–H groups in total. The lowest BCUT2D eigenvalue weighted by Crippen LogP contribution is -2.59. The van der Waals surface area contributed by atoms with Crippen molar-refractivity contribution in [2.75, 3.05) is 26.7 Å². The van der Waals surface area contributed by atoms with E-state index in [0.29, 0.717) is 19.6 Å². The molecule has 1 aromatic carbocycles. The van der Waals surface area contributed by atoms with E-state index in [1.807, 2.05) is 51.1 Å². The maximum Gasteiger partial charge on any atom is 0.411 e. The van der Waals surface area contributed by atoms with Gasteiger partial charge in [0.05, 0.1) is 7.11 Å². The molecule has 2 rings (SSSR count). The monoisotopic (exact) mass is 334 g/mol. The molecule has 0 aromatic heterocycles. The minimum Gasteiger partial charge on any atom is -0.467 e. The van der Waals surface area contributed by atoms with Crippen molar-refractivity contribution < 1.29 is 19.1 Å². The number of hydrogen-bond donors (Lipinski definition) is 0. The summed E-state index contributed by atoms with van der Waals surface area (Å²) in [6.07, 6.45) is -0.475. The average molecular weight is 334 g/mol. The van der Waals surface area contributed by atoms with Crippen LogP contribution in [-0.2, 0) is 20.8 Å². The molecule has 0 spiro atoms. The van der Waals surface area contributed by atoms with Crippen molar-refractivity contribution in [2.24, 2.45) is 0 Å². The van der Waals surface area contributed by atoms with Crippen LogP contribution in [0.2, 0.25) is 0 Å². The molecule has 1 saturated heterocycles. The standard InChI is InChI=1S/C18H26N2O4/c1-18(2,3)24-17(22)20-11-10-19(13-15(20)16(21)23-4)12-14-8-6-5-7-9-14/h5-9,15H,10-13H2,1-4H3/t15-/m0/s1. The van der Waals surface area contributed by atoms with Crippen LogP contribution in [0.3, 0.4) is 0 Å². The van der Waals surface area contributed by atoms with E-state index in [1.165, 1.54) is 17.6 Å². The summed E-state index contributed by atoms with van der Waals surface area (Å²) in [5, 5.41) is 0. The molecule has 0 saturated carbocycles. The van der Waals surface area contributed by atoms with Crippen LogP contribution in [0.5, 0.6) is 0 Å². The summed E-state index contributed by atoms with van der Waals surface area (Å²) in [6, 6.07) is 9.40. The van der Waals surface area contributed by atoms with Gasteiger partial charge in [-0.05, 0) is 26.3 Å². The summed E-state index contributed by atoms with van der Waals surface area (Å²) in [6.45, 7) is 7.71. The predicted molar refractivity (Wildman–Crippen MR) is 90.5 cm³/mol. The fourth-order valence-electron chi connectivity index (χ4n) is 2.70. The molecule has 1 aliphatic rings. The summed E-state index contributed by atoms with van der Waals surface area (Å²) < 4.78 is 10.3. The van der Waals surface area contributed by atoms with E-state index >= 15 is 0 Å². The minimum atomic E-state index is -0.651. The molecule has 6 heteroatoms. The number of methoxy groups -OCH3 is 1. The van der Waals surface area contributed by atoms with Gasteiger partial charge < -0.3 is 9.47 Å². The number of esters is 1. The molecule has 1 amide bonds. The van der Waals surface area contributed by atoms with Gasteiger partial charge in [0, 0.05) is 26.2 Å². The van der Waals surface area contributed by atoms with Crippen molar-refractivity contribution in [3.05, 3.63) is 35.9 Å². The molecule has 0 bridgehead atoms. The number of nitrogens with zero attached hydrogens (tertiary/aromatic N) is 2. The molecule has 1 atom stereocenters. The number of ether oxygens (including phenoxy) is 2. The first kappa shape index (κ1) is 18.3. The first-order chi connectivity index (χ1) is 11.3. The van der Waals surface area contributed by atoms with Crippen molar-refractivity contribution in [3.8, 4) is 0 Å². The number of piperazine rings is 1. The van der Waals surface area contributed by atoms with Crippen LogP contribution < -0.4 is 0 Å². The Bertz CT molecular complexity index is 568. The summed E-state index contributed by atoms with van der Waals surface area (Å²) >= 11 is 0. The minimum absolute atomic E-state index is 0.418. The quantitative estimate of drug-likeness (QED) is 0.794. The highest BCUT2D eigenvalue weighted by molar-refractivity contribution is 5.82. The molecular weight excluding hydrogens is 308 g/mol. The lowest BCUT2D eigenvalue weighted by atomic mass is 10.1.